The second-order valence-electron chi connectivity index (χ2n) is 28.6. The minimum atomic E-state index is -4.96. The summed E-state index contributed by atoms with van der Waals surface area (Å²) in [6.45, 7) is 14.2. The Morgan fingerprint density at radius 3 is 0.747 bits per heavy atom. The van der Waals surface area contributed by atoms with E-state index in [-0.39, 0.29) is 25.7 Å². The fraction of sp³-hybridized carbons (Fsp3) is 0.947. The number of phosphoric ester groups is 2. The van der Waals surface area contributed by atoms with Gasteiger partial charge in [-0.1, -0.05) is 331 Å². The first-order chi connectivity index (χ1) is 45.7. The second-order valence-corrected chi connectivity index (χ2v) is 31.5. The topological polar surface area (TPSA) is 237 Å². The highest BCUT2D eigenvalue weighted by Crippen LogP contribution is 2.45. The highest BCUT2D eigenvalue weighted by molar-refractivity contribution is 7.47. The lowest BCUT2D eigenvalue weighted by Crippen LogP contribution is -2.30. The standard InChI is InChI=1S/C76H148O17P2/c1-9-67(6)53-45-37-29-23-19-14-12-13-15-20-24-31-40-48-56-73(78)86-62-71(93-76(81)59-51-43-33-27-26-30-38-46-54-68(7)10-2)64-90-94(82,83)88-60-70(77)61-89-95(84,85)91-65-72(63-87-74(79)57-49-41-35-34-39-47-55-69(8)11-3)92-75(80)58-50-42-32-25-21-17-16-18-22-28-36-44-52-66(4)5/h66-72,77H,9-65H2,1-8H3,(H,82,83)(H,84,85)/t67?,68?,69?,70-,71-,72-/m1/s1. The first kappa shape index (κ1) is 93.1. The van der Waals surface area contributed by atoms with E-state index < -0.39 is 97.5 Å². The van der Waals surface area contributed by atoms with Crippen molar-refractivity contribution in [3.63, 3.8) is 0 Å². The Morgan fingerprint density at radius 1 is 0.295 bits per heavy atom. The molecule has 564 valence electrons. The van der Waals surface area contributed by atoms with Gasteiger partial charge in [-0.25, -0.2) is 9.13 Å². The van der Waals surface area contributed by atoms with Crippen LogP contribution in [0.25, 0.3) is 0 Å². The number of aliphatic hydroxyl groups is 1. The van der Waals surface area contributed by atoms with Crippen molar-refractivity contribution >= 4 is 39.5 Å². The normalized spacial score (nSPS) is 15.0. The van der Waals surface area contributed by atoms with Gasteiger partial charge in [0.05, 0.1) is 26.4 Å². The Balaban J connectivity index is 5.23. The van der Waals surface area contributed by atoms with Gasteiger partial charge < -0.3 is 33.8 Å². The molecule has 0 bridgehead atoms. The third-order valence-corrected chi connectivity index (χ3v) is 20.6. The molecule has 0 saturated heterocycles. The lowest BCUT2D eigenvalue weighted by atomic mass is 9.99. The summed E-state index contributed by atoms with van der Waals surface area (Å²) in [5, 5.41) is 10.6. The summed E-state index contributed by atoms with van der Waals surface area (Å²) in [4.78, 5) is 72.8. The molecule has 0 aromatic rings. The number of esters is 4. The maximum Gasteiger partial charge on any atom is 0.472 e. The number of ether oxygens (including phenoxy) is 4. The predicted octanol–water partition coefficient (Wildman–Crippen LogP) is 22.0. The Hall–Kier alpha value is -1.94. The number of carbonyl (C=O) groups excluding carboxylic acids is 4. The molecule has 0 saturated carbocycles. The summed E-state index contributed by atoms with van der Waals surface area (Å²) < 4.78 is 68.5. The second kappa shape index (κ2) is 65.4. The average molecular weight is 1400 g/mol. The van der Waals surface area contributed by atoms with Crippen LogP contribution in [0.2, 0.25) is 0 Å². The van der Waals surface area contributed by atoms with Crippen molar-refractivity contribution in [2.45, 2.75) is 401 Å². The predicted molar refractivity (Wildman–Crippen MR) is 386 cm³/mol. The number of carbonyl (C=O) groups is 4. The first-order valence-electron chi connectivity index (χ1n) is 39.3. The maximum absolute atomic E-state index is 13.1. The van der Waals surface area contributed by atoms with Crippen LogP contribution in [0.15, 0.2) is 0 Å². The molecule has 3 N–H and O–H groups in total. The van der Waals surface area contributed by atoms with Crippen LogP contribution in [0.5, 0.6) is 0 Å². The zero-order valence-corrected chi connectivity index (χ0v) is 64.1. The van der Waals surface area contributed by atoms with E-state index in [4.69, 9.17) is 37.0 Å². The molecular weight excluding hydrogens is 1250 g/mol. The van der Waals surface area contributed by atoms with Gasteiger partial charge in [0.2, 0.25) is 0 Å². The molecule has 8 atom stereocenters. The van der Waals surface area contributed by atoms with E-state index in [9.17, 15) is 43.2 Å². The molecule has 0 aliphatic rings. The van der Waals surface area contributed by atoms with Crippen LogP contribution < -0.4 is 0 Å². The van der Waals surface area contributed by atoms with Gasteiger partial charge >= 0.3 is 39.5 Å². The highest BCUT2D eigenvalue weighted by Gasteiger charge is 2.30. The molecule has 17 nitrogen and oxygen atoms in total. The summed E-state index contributed by atoms with van der Waals surface area (Å²) >= 11 is 0. The number of rotatable bonds is 73. The Labute approximate surface area is 581 Å². The molecule has 0 heterocycles. The number of hydrogen-bond donors (Lipinski definition) is 3. The van der Waals surface area contributed by atoms with E-state index in [0.717, 1.165) is 120 Å². The van der Waals surface area contributed by atoms with Crippen molar-refractivity contribution in [3.05, 3.63) is 0 Å². The molecule has 0 radical (unpaired) electrons. The van der Waals surface area contributed by atoms with E-state index in [1.807, 2.05) is 0 Å². The van der Waals surface area contributed by atoms with Crippen LogP contribution in [0, 0.1) is 23.7 Å². The minimum Gasteiger partial charge on any atom is -0.462 e. The van der Waals surface area contributed by atoms with E-state index in [0.29, 0.717) is 25.7 Å². The fourth-order valence-corrected chi connectivity index (χ4v) is 13.0. The van der Waals surface area contributed by atoms with Gasteiger partial charge in [-0.15, -0.1) is 0 Å². The number of phosphoric acid groups is 2. The average Bonchev–Trinajstić information content (AvgIpc) is 1.32. The molecule has 0 aromatic carbocycles. The Morgan fingerprint density at radius 2 is 0.505 bits per heavy atom. The smallest absolute Gasteiger partial charge is 0.462 e. The molecule has 0 fully saturated rings. The van der Waals surface area contributed by atoms with Crippen molar-refractivity contribution < 1.29 is 80.2 Å². The zero-order chi connectivity index (χ0) is 70.3. The number of hydrogen-bond acceptors (Lipinski definition) is 15. The molecule has 0 aliphatic heterocycles. The summed E-state index contributed by atoms with van der Waals surface area (Å²) in [6, 6.07) is 0. The monoisotopic (exact) mass is 1400 g/mol. The maximum atomic E-state index is 13.1. The van der Waals surface area contributed by atoms with Crippen LogP contribution in [-0.4, -0.2) is 96.7 Å². The van der Waals surface area contributed by atoms with Gasteiger partial charge in [0.1, 0.15) is 19.3 Å². The van der Waals surface area contributed by atoms with Gasteiger partial charge in [0.25, 0.3) is 0 Å². The quantitative estimate of drug-likeness (QED) is 0.0222. The van der Waals surface area contributed by atoms with Crippen molar-refractivity contribution in [2.75, 3.05) is 39.6 Å². The Kier molecular flexibility index (Phi) is 64.0. The van der Waals surface area contributed by atoms with Gasteiger partial charge in [0, 0.05) is 25.7 Å². The number of aliphatic hydroxyl groups excluding tert-OH is 1. The largest absolute Gasteiger partial charge is 0.472 e. The Bertz CT molecular complexity index is 1870. The molecule has 0 rings (SSSR count). The summed E-state index contributed by atoms with van der Waals surface area (Å²) in [5.74, 6) is 1.00. The molecule has 5 unspecified atom stereocenters. The number of unbranched alkanes of at least 4 members (excludes halogenated alkanes) is 36. The van der Waals surface area contributed by atoms with E-state index in [1.165, 1.54) is 180 Å². The molecular formula is C76H148O17P2. The van der Waals surface area contributed by atoms with E-state index in [1.54, 1.807) is 0 Å². The van der Waals surface area contributed by atoms with Crippen LogP contribution in [0.1, 0.15) is 383 Å². The third-order valence-electron chi connectivity index (χ3n) is 18.7. The molecule has 0 amide bonds. The van der Waals surface area contributed by atoms with Gasteiger partial charge in [0.15, 0.2) is 12.2 Å². The summed E-state index contributed by atoms with van der Waals surface area (Å²) in [7, 11) is -9.91. The summed E-state index contributed by atoms with van der Waals surface area (Å²) in [6.07, 6.45) is 49.9. The van der Waals surface area contributed by atoms with Crippen LogP contribution >= 0.6 is 15.6 Å². The lowest BCUT2D eigenvalue weighted by molar-refractivity contribution is -0.161. The molecule has 0 aliphatic carbocycles. The van der Waals surface area contributed by atoms with Crippen molar-refractivity contribution in [1.29, 1.82) is 0 Å². The fourth-order valence-electron chi connectivity index (χ4n) is 11.5. The van der Waals surface area contributed by atoms with Crippen molar-refractivity contribution in [3.8, 4) is 0 Å². The molecule has 0 spiro atoms. The van der Waals surface area contributed by atoms with Gasteiger partial charge in [-0.3, -0.25) is 37.3 Å². The molecule has 0 aromatic heterocycles. The molecule has 95 heavy (non-hydrogen) atoms. The summed E-state index contributed by atoms with van der Waals surface area (Å²) in [5.41, 5.74) is 0. The van der Waals surface area contributed by atoms with Crippen molar-refractivity contribution in [2.24, 2.45) is 23.7 Å². The van der Waals surface area contributed by atoms with Crippen LogP contribution in [0.4, 0.5) is 0 Å². The van der Waals surface area contributed by atoms with Crippen LogP contribution in [-0.2, 0) is 65.4 Å². The molecule has 19 heteroatoms. The first-order valence-corrected chi connectivity index (χ1v) is 42.3. The third kappa shape index (κ3) is 66.4. The SMILES string of the molecule is CCC(C)CCCCCCCCCCCCCCCCC(=O)OC[C@H](COP(=O)(O)OC[C@@H](O)COP(=O)(O)OC[C@@H](COC(=O)CCCCCCCCC(C)CC)OC(=O)CCCCCCCCCCCCCCC(C)C)OC(=O)CCCCCCCCCCC(C)CC. The highest BCUT2D eigenvalue weighted by atomic mass is 31.2. The van der Waals surface area contributed by atoms with E-state index >= 15 is 0 Å². The van der Waals surface area contributed by atoms with E-state index in [2.05, 4.69) is 55.4 Å². The van der Waals surface area contributed by atoms with Crippen LogP contribution in [0.3, 0.4) is 0 Å². The van der Waals surface area contributed by atoms with Crippen molar-refractivity contribution in [1.82, 2.24) is 0 Å². The van der Waals surface area contributed by atoms with Gasteiger partial charge in [-0.05, 0) is 49.4 Å². The zero-order valence-electron chi connectivity index (χ0n) is 62.3. The lowest BCUT2D eigenvalue weighted by Gasteiger charge is -2.21. The van der Waals surface area contributed by atoms with Gasteiger partial charge in [-0.2, -0.15) is 0 Å². The minimum absolute atomic E-state index is 0.105.